The summed E-state index contributed by atoms with van der Waals surface area (Å²) in [6, 6.07) is 0. The monoisotopic (exact) mass is 230 g/mol. The van der Waals surface area contributed by atoms with Crippen LogP contribution in [-0.2, 0) is 0 Å². The summed E-state index contributed by atoms with van der Waals surface area (Å²) in [5.41, 5.74) is 0. The fourth-order valence-electron chi connectivity index (χ4n) is 1.89. The molecule has 3 nitrogen and oxygen atoms in total. The van der Waals surface area contributed by atoms with Crippen LogP contribution in [0.25, 0.3) is 0 Å². The molecule has 0 fully saturated rings. The molecule has 0 atom stereocenters. The zero-order valence-electron chi connectivity index (χ0n) is 12.3. The topological polar surface area (TPSA) is 6.48 Å². The minimum Gasteiger partial charge on any atom is -0.328 e. The van der Waals surface area contributed by atoms with E-state index in [1.807, 2.05) is 0 Å². The molecule has 0 aliphatic heterocycles. The Hall–Kier alpha value is -0.120. The van der Waals surface area contributed by atoms with Gasteiger partial charge in [0.1, 0.15) is 0 Å². The second kappa shape index (κ2) is 8.04. The van der Waals surface area contributed by atoms with Gasteiger partial charge in [-0.05, 0) is 47.6 Å². The van der Waals surface area contributed by atoms with Gasteiger partial charge in [-0.3, -0.25) is 0 Å². The van der Waals surface area contributed by atoms with Crippen molar-refractivity contribution in [3.63, 3.8) is 0 Å². The van der Waals surface area contributed by atoms with E-state index >= 15 is 0 Å². The van der Waals surface area contributed by atoms with E-state index in [0.717, 1.165) is 0 Å². The van der Waals surface area contributed by atoms with Crippen molar-refractivity contribution in [3.8, 4) is 0 Å². The molecule has 0 unspecified atom stereocenters. The fraction of sp³-hybridized carbons (Fsp3) is 1.00. The average molecular weight is 230 g/mol. The summed E-state index contributed by atoms with van der Waals surface area (Å²) in [4.78, 5) is 4.54. The Morgan fingerprint density at radius 1 is 0.688 bits per heavy atom. The van der Waals surface area contributed by atoms with Gasteiger partial charge in [0.25, 0.3) is 0 Å². The van der Waals surface area contributed by atoms with Crippen molar-refractivity contribution >= 4 is 0 Å². The quantitative estimate of drug-likeness (QED) is 0.436. The smallest absolute Gasteiger partial charge is 0.0794 e. The Kier molecular flexibility index (Phi) is 7.98. The summed E-state index contributed by atoms with van der Waals surface area (Å²) in [5, 5.41) is 0. The molecular formula is C13H32N3+. The number of quaternary nitrogens is 1. The summed E-state index contributed by atoms with van der Waals surface area (Å²) in [6.07, 6.45) is 3.96. The molecule has 0 rings (SSSR count). The van der Waals surface area contributed by atoms with Crippen LogP contribution < -0.4 is 0 Å². The highest BCUT2D eigenvalue weighted by molar-refractivity contribution is 4.47. The molecular weight excluding hydrogens is 198 g/mol. The molecule has 0 saturated heterocycles. The predicted octanol–water partition coefficient (Wildman–Crippen LogP) is 1.36. The molecule has 0 aromatic rings. The van der Waals surface area contributed by atoms with Gasteiger partial charge in [0.05, 0.1) is 27.2 Å². The lowest BCUT2D eigenvalue weighted by Gasteiger charge is -2.30. The lowest BCUT2D eigenvalue weighted by atomic mass is 10.2. The standard InChI is InChI=1S/C13H32N3/c1-14(2)10-7-8-12-16(5,6)13-9-11-15(3)4/h7-13H2,1-6H3/q+1. The molecule has 98 valence electrons. The van der Waals surface area contributed by atoms with Crippen molar-refractivity contribution in [3.05, 3.63) is 0 Å². The van der Waals surface area contributed by atoms with Crippen LogP contribution in [0.15, 0.2) is 0 Å². The first-order valence-electron chi connectivity index (χ1n) is 6.45. The highest BCUT2D eigenvalue weighted by Crippen LogP contribution is 2.04. The van der Waals surface area contributed by atoms with Crippen LogP contribution in [0.3, 0.4) is 0 Å². The molecule has 0 radical (unpaired) electrons. The lowest BCUT2D eigenvalue weighted by Crippen LogP contribution is -2.42. The molecule has 0 aliphatic rings. The van der Waals surface area contributed by atoms with Gasteiger partial charge in [-0.15, -0.1) is 0 Å². The fourth-order valence-corrected chi connectivity index (χ4v) is 1.89. The Morgan fingerprint density at radius 3 is 1.62 bits per heavy atom. The summed E-state index contributed by atoms with van der Waals surface area (Å²) in [6.45, 7) is 5.03. The third kappa shape index (κ3) is 10.4. The van der Waals surface area contributed by atoms with Crippen molar-refractivity contribution in [1.82, 2.24) is 9.80 Å². The van der Waals surface area contributed by atoms with Gasteiger partial charge in [0.2, 0.25) is 0 Å². The van der Waals surface area contributed by atoms with E-state index in [0.29, 0.717) is 0 Å². The lowest BCUT2D eigenvalue weighted by molar-refractivity contribution is -0.890. The number of hydrogen-bond donors (Lipinski definition) is 0. The van der Waals surface area contributed by atoms with Crippen molar-refractivity contribution < 1.29 is 4.48 Å². The number of rotatable bonds is 9. The van der Waals surface area contributed by atoms with E-state index < -0.39 is 0 Å². The highest BCUT2D eigenvalue weighted by atomic mass is 15.3. The maximum absolute atomic E-state index is 2.35. The van der Waals surface area contributed by atoms with Crippen LogP contribution in [0.2, 0.25) is 0 Å². The van der Waals surface area contributed by atoms with Crippen LogP contribution in [0.1, 0.15) is 19.3 Å². The van der Waals surface area contributed by atoms with Gasteiger partial charge in [0.15, 0.2) is 0 Å². The third-order valence-corrected chi connectivity index (χ3v) is 2.99. The minimum atomic E-state index is 1.17. The van der Waals surface area contributed by atoms with Crippen LogP contribution in [0.5, 0.6) is 0 Å². The maximum atomic E-state index is 2.35. The molecule has 0 N–H and O–H groups in total. The van der Waals surface area contributed by atoms with E-state index in [-0.39, 0.29) is 0 Å². The van der Waals surface area contributed by atoms with Crippen LogP contribution >= 0.6 is 0 Å². The molecule has 0 amide bonds. The van der Waals surface area contributed by atoms with Crippen molar-refractivity contribution in [2.24, 2.45) is 0 Å². The van der Waals surface area contributed by atoms with Gasteiger partial charge in [0, 0.05) is 13.0 Å². The molecule has 0 spiro atoms. The Morgan fingerprint density at radius 2 is 1.12 bits per heavy atom. The first-order valence-corrected chi connectivity index (χ1v) is 6.45. The zero-order chi connectivity index (χ0) is 12.6. The summed E-state index contributed by atoms with van der Waals surface area (Å²) >= 11 is 0. The number of unbranched alkanes of at least 4 members (excludes halogenated alkanes) is 1. The molecule has 0 aromatic carbocycles. The van der Waals surface area contributed by atoms with E-state index in [2.05, 4.69) is 52.1 Å². The molecule has 3 heteroatoms. The SMILES string of the molecule is CN(C)CCCC[N+](C)(C)CCCN(C)C. The zero-order valence-corrected chi connectivity index (χ0v) is 12.3. The number of hydrogen-bond acceptors (Lipinski definition) is 2. The normalized spacial score (nSPS) is 12.8. The molecule has 0 aliphatic carbocycles. The highest BCUT2D eigenvalue weighted by Gasteiger charge is 2.13. The molecule has 0 heterocycles. The second-order valence-electron chi connectivity index (χ2n) is 6.05. The van der Waals surface area contributed by atoms with Gasteiger partial charge in [-0.2, -0.15) is 0 Å². The first-order chi connectivity index (χ1) is 7.33. The van der Waals surface area contributed by atoms with E-state index in [1.165, 1.54) is 49.9 Å². The number of nitrogens with zero attached hydrogens (tertiary/aromatic N) is 3. The maximum Gasteiger partial charge on any atom is 0.0794 e. The van der Waals surface area contributed by atoms with Crippen LogP contribution in [0, 0.1) is 0 Å². The van der Waals surface area contributed by atoms with Crippen molar-refractivity contribution in [2.75, 3.05) is 68.5 Å². The van der Waals surface area contributed by atoms with Gasteiger partial charge in [-0.25, -0.2) is 0 Å². The van der Waals surface area contributed by atoms with Crippen LogP contribution in [0.4, 0.5) is 0 Å². The molecule has 16 heavy (non-hydrogen) atoms. The van der Waals surface area contributed by atoms with Crippen LogP contribution in [-0.4, -0.2) is 82.7 Å². The van der Waals surface area contributed by atoms with E-state index in [1.54, 1.807) is 0 Å². The molecule has 0 bridgehead atoms. The minimum absolute atomic E-state index is 1.17. The molecule has 0 aromatic heterocycles. The van der Waals surface area contributed by atoms with Crippen molar-refractivity contribution in [1.29, 1.82) is 0 Å². The third-order valence-electron chi connectivity index (χ3n) is 2.99. The summed E-state index contributed by atoms with van der Waals surface area (Å²) in [5.74, 6) is 0. The van der Waals surface area contributed by atoms with E-state index in [4.69, 9.17) is 0 Å². The summed E-state index contributed by atoms with van der Waals surface area (Å²) < 4.78 is 1.17. The van der Waals surface area contributed by atoms with Gasteiger partial charge < -0.3 is 14.3 Å². The second-order valence-corrected chi connectivity index (χ2v) is 6.05. The summed E-state index contributed by atoms with van der Waals surface area (Å²) in [7, 11) is 13.3. The Labute approximate surface area is 103 Å². The average Bonchev–Trinajstić information content (AvgIpc) is 2.11. The first kappa shape index (κ1) is 15.9. The van der Waals surface area contributed by atoms with Gasteiger partial charge in [-0.1, -0.05) is 0 Å². The largest absolute Gasteiger partial charge is 0.328 e. The Bertz CT molecular complexity index is 165. The van der Waals surface area contributed by atoms with Gasteiger partial charge >= 0.3 is 0 Å². The van der Waals surface area contributed by atoms with Crippen molar-refractivity contribution in [2.45, 2.75) is 19.3 Å². The Balaban J connectivity index is 3.53. The van der Waals surface area contributed by atoms with E-state index in [9.17, 15) is 0 Å². The molecule has 0 saturated carbocycles. The predicted molar refractivity (Wildman–Crippen MR) is 72.8 cm³/mol.